The van der Waals surface area contributed by atoms with Crippen molar-refractivity contribution in [1.29, 1.82) is 0 Å². The highest BCUT2D eigenvalue weighted by atomic mass is 32.2. The minimum absolute atomic E-state index is 0.212. The van der Waals surface area contributed by atoms with Crippen LogP contribution in [0.1, 0.15) is 85.0 Å². The summed E-state index contributed by atoms with van der Waals surface area (Å²) in [5.41, 5.74) is 0. The second kappa shape index (κ2) is 12.7. The minimum atomic E-state index is -3.20. The number of nitrogens with zero attached hydrogens (tertiary/aromatic N) is 1. The minimum Gasteiger partial charge on any atom is -0.200 e. The molecule has 0 aliphatic heterocycles. The van der Waals surface area contributed by atoms with E-state index in [4.69, 9.17) is 0 Å². The maximum Gasteiger partial charge on any atom is 0.331 e. The van der Waals surface area contributed by atoms with Gasteiger partial charge in [0.1, 0.15) is 3.77 Å². The van der Waals surface area contributed by atoms with Gasteiger partial charge in [-0.25, -0.2) is 8.42 Å². The first kappa shape index (κ1) is 20.0. The molecule has 0 aromatic rings. The van der Waals surface area contributed by atoms with Crippen LogP contribution in [0.25, 0.3) is 0 Å². The van der Waals surface area contributed by atoms with Crippen LogP contribution in [0.4, 0.5) is 0 Å². The second-order valence-corrected chi connectivity index (χ2v) is 9.02. The molecule has 0 N–H and O–H groups in total. The molecule has 0 radical (unpaired) electrons. The van der Waals surface area contributed by atoms with Gasteiger partial charge in [-0.05, 0) is 20.3 Å². The van der Waals surface area contributed by atoms with Gasteiger partial charge >= 0.3 is 21.6 Å². The predicted octanol–water partition coefficient (Wildman–Crippen LogP) is 4.91. The SMILES string of the molecule is CCCCCCCCCCCCS(=O)(=O)N=[S+]C(C)C. The average Bonchev–Trinajstić information content (AvgIpc) is 2.39. The molecule has 0 rings (SSSR count). The van der Waals surface area contributed by atoms with E-state index in [0.717, 1.165) is 30.8 Å². The summed E-state index contributed by atoms with van der Waals surface area (Å²) in [4.78, 5) is 0. The van der Waals surface area contributed by atoms with E-state index in [2.05, 4.69) is 10.7 Å². The van der Waals surface area contributed by atoms with Gasteiger partial charge in [0.25, 0.3) is 0 Å². The molecule has 0 bridgehead atoms. The Morgan fingerprint density at radius 2 is 1.30 bits per heavy atom. The summed E-state index contributed by atoms with van der Waals surface area (Å²) in [5, 5.41) is 0.234. The van der Waals surface area contributed by atoms with Gasteiger partial charge in [0.15, 0.2) is 0 Å². The average molecular weight is 323 g/mol. The first-order valence-electron chi connectivity index (χ1n) is 8.08. The van der Waals surface area contributed by atoms with Gasteiger partial charge in [-0.2, -0.15) is 0 Å². The van der Waals surface area contributed by atoms with Crippen LogP contribution in [0.5, 0.6) is 0 Å². The van der Waals surface area contributed by atoms with Gasteiger partial charge in [-0.3, -0.25) is 0 Å². The fourth-order valence-corrected chi connectivity index (χ4v) is 4.04. The first-order valence-corrected chi connectivity index (χ1v) is 10.5. The molecule has 0 unspecified atom stereocenters. The molecule has 0 fully saturated rings. The number of sulfonamides is 1. The summed E-state index contributed by atoms with van der Waals surface area (Å²) in [7, 11) is -3.20. The van der Waals surface area contributed by atoms with Gasteiger partial charge < -0.3 is 0 Å². The number of hydrogen-bond acceptors (Lipinski definition) is 2. The van der Waals surface area contributed by atoms with Gasteiger partial charge in [-0.1, -0.05) is 64.7 Å². The predicted molar refractivity (Wildman–Crippen MR) is 90.6 cm³/mol. The molecule has 0 aromatic heterocycles. The zero-order valence-corrected chi connectivity index (χ0v) is 15.1. The molecule has 0 atom stereocenters. The normalized spacial score (nSPS) is 12.6. The van der Waals surface area contributed by atoms with Crippen molar-refractivity contribution in [2.45, 2.75) is 90.2 Å². The van der Waals surface area contributed by atoms with Crippen molar-refractivity contribution in [2.75, 3.05) is 5.75 Å². The topological polar surface area (TPSA) is 46.5 Å². The van der Waals surface area contributed by atoms with Crippen molar-refractivity contribution < 1.29 is 8.42 Å². The summed E-state index contributed by atoms with van der Waals surface area (Å²) < 4.78 is 26.9. The fraction of sp³-hybridized carbons (Fsp3) is 1.00. The standard InChI is InChI=1S/C15H32NO2S2/c1-4-5-6-7-8-9-10-11-12-13-14-20(17,18)16-19-15(2)3/h15H,4-14H2,1-3H3/q+1. The Hall–Kier alpha value is -0.0300. The zero-order chi connectivity index (χ0) is 15.3. The van der Waals surface area contributed by atoms with Crippen LogP contribution >= 0.6 is 0 Å². The van der Waals surface area contributed by atoms with Crippen LogP contribution < -0.4 is 0 Å². The molecule has 0 amide bonds. The third kappa shape index (κ3) is 14.4. The summed E-state index contributed by atoms with van der Waals surface area (Å²) in [6.45, 7) is 6.13. The Balaban J connectivity index is 3.44. The molecule has 3 nitrogen and oxygen atoms in total. The molecule has 0 saturated heterocycles. The number of rotatable bonds is 13. The van der Waals surface area contributed by atoms with Crippen molar-refractivity contribution in [3.05, 3.63) is 0 Å². The van der Waals surface area contributed by atoms with Crippen LogP contribution in [0, 0.1) is 0 Å². The van der Waals surface area contributed by atoms with E-state index in [0.29, 0.717) is 0 Å². The zero-order valence-electron chi connectivity index (χ0n) is 13.4. The Morgan fingerprint density at radius 3 is 1.75 bits per heavy atom. The molecular weight excluding hydrogens is 290 g/mol. The quantitative estimate of drug-likeness (QED) is 0.357. The first-order chi connectivity index (χ1) is 9.48. The number of unbranched alkanes of at least 4 members (excludes halogenated alkanes) is 9. The highest BCUT2D eigenvalue weighted by Crippen LogP contribution is 2.11. The Labute approximate surface area is 130 Å². The third-order valence-corrected chi connectivity index (χ3v) is 5.60. The van der Waals surface area contributed by atoms with Crippen LogP contribution in [0.2, 0.25) is 0 Å². The van der Waals surface area contributed by atoms with Crippen LogP contribution in [-0.2, 0) is 21.6 Å². The van der Waals surface area contributed by atoms with Crippen LogP contribution in [0.15, 0.2) is 3.77 Å². The molecule has 0 heterocycles. The fourth-order valence-electron chi connectivity index (χ4n) is 1.96. The highest BCUT2D eigenvalue weighted by Gasteiger charge is 2.15. The van der Waals surface area contributed by atoms with E-state index < -0.39 is 10.0 Å². The lowest BCUT2D eigenvalue weighted by molar-refractivity contribution is 0.558. The maximum atomic E-state index is 11.6. The second-order valence-electron chi connectivity index (χ2n) is 5.70. The molecule has 0 aliphatic rings. The largest absolute Gasteiger partial charge is 0.331 e. The maximum absolute atomic E-state index is 11.6. The van der Waals surface area contributed by atoms with Gasteiger partial charge in [0, 0.05) is 0 Å². The van der Waals surface area contributed by atoms with E-state index in [-0.39, 0.29) is 11.0 Å². The summed E-state index contributed by atoms with van der Waals surface area (Å²) in [6.07, 6.45) is 12.2. The summed E-state index contributed by atoms with van der Waals surface area (Å²) in [5.74, 6) is 0.212. The van der Waals surface area contributed by atoms with Crippen molar-refractivity contribution in [3.8, 4) is 0 Å². The number of hydrogen-bond donors (Lipinski definition) is 0. The highest BCUT2D eigenvalue weighted by molar-refractivity contribution is 7.95. The van der Waals surface area contributed by atoms with E-state index in [9.17, 15) is 8.42 Å². The lowest BCUT2D eigenvalue weighted by Crippen LogP contribution is -2.03. The molecular formula is C15H32NO2S2+. The summed E-state index contributed by atoms with van der Waals surface area (Å²) in [6, 6.07) is 0. The van der Waals surface area contributed by atoms with Crippen LogP contribution in [0.3, 0.4) is 0 Å². The van der Waals surface area contributed by atoms with Crippen molar-refractivity contribution >= 4 is 21.6 Å². The Bertz CT molecular complexity index is 338. The lowest BCUT2D eigenvalue weighted by Gasteiger charge is -2.01. The van der Waals surface area contributed by atoms with E-state index in [1.807, 2.05) is 13.8 Å². The van der Waals surface area contributed by atoms with Gasteiger partial charge in [0.05, 0.1) is 5.75 Å². The van der Waals surface area contributed by atoms with E-state index >= 15 is 0 Å². The Kier molecular flexibility index (Phi) is 12.7. The third-order valence-electron chi connectivity index (χ3n) is 3.12. The molecule has 0 spiro atoms. The molecule has 120 valence electrons. The molecule has 5 heteroatoms. The lowest BCUT2D eigenvalue weighted by atomic mass is 10.1. The monoisotopic (exact) mass is 322 g/mol. The Morgan fingerprint density at radius 1 is 0.850 bits per heavy atom. The van der Waals surface area contributed by atoms with Crippen molar-refractivity contribution in [1.82, 2.24) is 0 Å². The molecule has 0 aromatic carbocycles. The molecule has 0 aliphatic carbocycles. The molecule has 20 heavy (non-hydrogen) atoms. The van der Waals surface area contributed by atoms with E-state index in [1.165, 1.54) is 44.9 Å². The summed E-state index contributed by atoms with van der Waals surface area (Å²) >= 11 is 1.16. The molecule has 0 saturated carbocycles. The smallest absolute Gasteiger partial charge is 0.200 e. The van der Waals surface area contributed by atoms with Crippen molar-refractivity contribution in [2.24, 2.45) is 3.77 Å². The van der Waals surface area contributed by atoms with Gasteiger partial charge in [0.2, 0.25) is 5.25 Å². The van der Waals surface area contributed by atoms with E-state index in [1.54, 1.807) is 0 Å². The van der Waals surface area contributed by atoms with Crippen molar-refractivity contribution in [3.63, 3.8) is 0 Å². The van der Waals surface area contributed by atoms with Crippen LogP contribution in [-0.4, -0.2) is 19.4 Å². The van der Waals surface area contributed by atoms with Gasteiger partial charge in [-0.15, -0.1) is 0 Å².